The van der Waals surface area contributed by atoms with Crippen LogP contribution in [0.3, 0.4) is 0 Å². The van der Waals surface area contributed by atoms with Crippen molar-refractivity contribution in [3.8, 4) is 0 Å². The Bertz CT molecular complexity index is 818. The van der Waals surface area contributed by atoms with Crippen LogP contribution in [0, 0.1) is 0 Å². The van der Waals surface area contributed by atoms with E-state index in [2.05, 4.69) is 17.7 Å². The first-order valence-corrected chi connectivity index (χ1v) is 11.5. The molecule has 1 heterocycles. The number of carbonyl (C=O) groups excluding carboxylic acids is 1. The average Bonchev–Trinajstić information content (AvgIpc) is 2.61. The van der Waals surface area contributed by atoms with Gasteiger partial charge in [0, 0.05) is 30.2 Å². The van der Waals surface area contributed by atoms with E-state index in [9.17, 15) is 13.2 Å². The predicted octanol–water partition coefficient (Wildman–Crippen LogP) is 3.70. The second-order valence-electron chi connectivity index (χ2n) is 6.94. The maximum absolute atomic E-state index is 12.7. The Hall–Kier alpha value is -1.31. The van der Waals surface area contributed by atoms with Crippen molar-refractivity contribution in [2.24, 2.45) is 0 Å². The van der Waals surface area contributed by atoms with Crippen LogP contribution in [0.4, 0.5) is 5.69 Å². The predicted molar refractivity (Wildman–Crippen MR) is 106 cm³/mol. The quantitative estimate of drug-likeness (QED) is 0.773. The number of sulfonamides is 1. The van der Waals surface area contributed by atoms with Gasteiger partial charge in [0.15, 0.2) is 0 Å². The number of fused-ring (bicyclic) bond motifs is 1. The van der Waals surface area contributed by atoms with Crippen LogP contribution in [0.5, 0.6) is 0 Å². The van der Waals surface area contributed by atoms with Gasteiger partial charge in [0.05, 0.1) is 10.6 Å². The van der Waals surface area contributed by atoms with E-state index >= 15 is 0 Å². The molecule has 0 aromatic heterocycles. The lowest BCUT2D eigenvalue weighted by atomic mass is 9.97. The summed E-state index contributed by atoms with van der Waals surface area (Å²) in [4.78, 5) is 14.8. The molecular formula is C19H26N2O3S2. The molecule has 7 heteroatoms. The highest BCUT2D eigenvalue weighted by Crippen LogP contribution is 2.39. The summed E-state index contributed by atoms with van der Waals surface area (Å²) in [6, 6.07) is 5.06. The lowest BCUT2D eigenvalue weighted by Crippen LogP contribution is -2.37. The lowest BCUT2D eigenvalue weighted by Gasteiger charge is -2.32. The van der Waals surface area contributed by atoms with Crippen molar-refractivity contribution >= 4 is 33.4 Å². The Labute approximate surface area is 160 Å². The van der Waals surface area contributed by atoms with Crippen molar-refractivity contribution < 1.29 is 13.2 Å². The Morgan fingerprint density at radius 1 is 1.35 bits per heavy atom. The van der Waals surface area contributed by atoms with Gasteiger partial charge in [-0.1, -0.05) is 18.6 Å². The fraction of sp³-hybridized carbons (Fsp3) is 0.526. The van der Waals surface area contributed by atoms with Gasteiger partial charge in [0.25, 0.3) is 0 Å². The van der Waals surface area contributed by atoms with E-state index in [1.807, 2.05) is 6.07 Å². The third-order valence-electron chi connectivity index (χ3n) is 4.80. The molecule has 26 heavy (non-hydrogen) atoms. The van der Waals surface area contributed by atoms with Gasteiger partial charge in [-0.25, -0.2) is 13.1 Å². The Morgan fingerprint density at radius 3 is 2.85 bits per heavy atom. The smallest absolute Gasteiger partial charge is 0.240 e. The van der Waals surface area contributed by atoms with Crippen LogP contribution in [-0.2, 0) is 14.8 Å². The van der Waals surface area contributed by atoms with Gasteiger partial charge in [0.2, 0.25) is 15.9 Å². The first-order valence-electron chi connectivity index (χ1n) is 9.13. The standard InChI is InChI=1S/C19H26N2O3S2/c1-14-13-21(15(2)22)18-12-17(8-9-19(18)25-14)26(23,24)20-11-10-16-6-4-3-5-7-16/h6,8-9,12,14,20H,3-5,7,10-11,13H2,1-2H3. The zero-order chi connectivity index (χ0) is 18.7. The van der Waals surface area contributed by atoms with Gasteiger partial charge in [-0.2, -0.15) is 0 Å². The highest BCUT2D eigenvalue weighted by atomic mass is 32.2. The third kappa shape index (κ3) is 4.50. The third-order valence-corrected chi connectivity index (χ3v) is 7.41. The fourth-order valence-corrected chi connectivity index (χ4v) is 5.59. The summed E-state index contributed by atoms with van der Waals surface area (Å²) in [5, 5.41) is 0.288. The molecule has 1 unspecified atom stereocenters. The molecule has 0 saturated heterocycles. The summed E-state index contributed by atoms with van der Waals surface area (Å²) in [5.41, 5.74) is 2.04. The van der Waals surface area contributed by atoms with Crippen molar-refractivity contribution in [3.05, 3.63) is 29.8 Å². The van der Waals surface area contributed by atoms with Crippen molar-refractivity contribution in [1.29, 1.82) is 0 Å². The molecule has 1 N–H and O–H groups in total. The van der Waals surface area contributed by atoms with Crippen molar-refractivity contribution in [2.75, 3.05) is 18.0 Å². The molecule has 2 aliphatic rings. The number of amides is 1. The van der Waals surface area contributed by atoms with E-state index in [0.29, 0.717) is 18.8 Å². The molecule has 0 bridgehead atoms. The number of hydrogen-bond donors (Lipinski definition) is 1. The minimum Gasteiger partial charge on any atom is -0.310 e. The van der Waals surface area contributed by atoms with Crippen LogP contribution in [0.1, 0.15) is 46.0 Å². The molecule has 0 spiro atoms. The minimum absolute atomic E-state index is 0.0647. The average molecular weight is 395 g/mol. The monoisotopic (exact) mass is 394 g/mol. The first kappa shape index (κ1) is 19.5. The molecule has 1 aromatic carbocycles. The van der Waals surface area contributed by atoms with Crippen LogP contribution in [0.15, 0.2) is 39.6 Å². The largest absolute Gasteiger partial charge is 0.310 e. The maximum Gasteiger partial charge on any atom is 0.240 e. The number of allylic oxidation sites excluding steroid dienone is 1. The second-order valence-corrected chi connectivity index (χ2v) is 10.2. The van der Waals surface area contributed by atoms with Crippen molar-refractivity contribution in [3.63, 3.8) is 0 Å². The van der Waals surface area contributed by atoms with Crippen LogP contribution in [0.25, 0.3) is 0 Å². The highest BCUT2D eigenvalue weighted by molar-refractivity contribution is 8.00. The summed E-state index contributed by atoms with van der Waals surface area (Å²) in [6.45, 7) is 4.59. The first-order chi connectivity index (χ1) is 12.4. The van der Waals surface area contributed by atoms with Gasteiger partial charge in [0.1, 0.15) is 0 Å². The Morgan fingerprint density at radius 2 is 2.15 bits per heavy atom. The molecule has 0 radical (unpaired) electrons. The topological polar surface area (TPSA) is 66.5 Å². The van der Waals surface area contributed by atoms with Gasteiger partial charge >= 0.3 is 0 Å². The van der Waals surface area contributed by atoms with Crippen LogP contribution in [-0.4, -0.2) is 32.7 Å². The fourth-order valence-electron chi connectivity index (χ4n) is 3.44. The molecule has 1 aliphatic carbocycles. The number of thioether (sulfide) groups is 1. The highest BCUT2D eigenvalue weighted by Gasteiger charge is 2.27. The zero-order valence-corrected chi connectivity index (χ0v) is 17.0. The summed E-state index contributed by atoms with van der Waals surface area (Å²) in [5.74, 6) is -0.0647. The lowest BCUT2D eigenvalue weighted by molar-refractivity contribution is -0.116. The number of rotatable bonds is 5. The molecule has 0 saturated carbocycles. The van der Waals surface area contributed by atoms with Gasteiger partial charge in [-0.3, -0.25) is 4.79 Å². The molecule has 1 aliphatic heterocycles. The van der Waals surface area contributed by atoms with E-state index in [1.165, 1.54) is 25.3 Å². The maximum atomic E-state index is 12.7. The number of nitrogens with one attached hydrogen (secondary N) is 1. The van der Waals surface area contributed by atoms with E-state index in [0.717, 1.165) is 24.2 Å². The van der Waals surface area contributed by atoms with Crippen LogP contribution in [0.2, 0.25) is 0 Å². The number of carbonyl (C=O) groups is 1. The van der Waals surface area contributed by atoms with Crippen LogP contribution < -0.4 is 9.62 Å². The van der Waals surface area contributed by atoms with E-state index in [4.69, 9.17) is 0 Å². The van der Waals surface area contributed by atoms with E-state index in [-0.39, 0.29) is 16.1 Å². The molecule has 142 valence electrons. The minimum atomic E-state index is -3.58. The van der Waals surface area contributed by atoms with Crippen molar-refractivity contribution in [2.45, 2.75) is 61.0 Å². The van der Waals surface area contributed by atoms with Crippen LogP contribution >= 0.6 is 11.8 Å². The van der Waals surface area contributed by atoms with Gasteiger partial charge in [-0.05, 0) is 50.3 Å². The summed E-state index contributed by atoms with van der Waals surface area (Å²) in [7, 11) is -3.58. The van der Waals surface area contributed by atoms with E-state index in [1.54, 1.807) is 28.8 Å². The van der Waals surface area contributed by atoms with Gasteiger partial charge < -0.3 is 4.90 Å². The Kier molecular flexibility index (Phi) is 6.10. The molecule has 3 rings (SSSR count). The van der Waals surface area contributed by atoms with E-state index < -0.39 is 10.0 Å². The Balaban J connectivity index is 1.74. The number of anilines is 1. The molecule has 1 aromatic rings. The molecule has 5 nitrogen and oxygen atoms in total. The second kappa shape index (κ2) is 8.15. The van der Waals surface area contributed by atoms with Crippen molar-refractivity contribution in [1.82, 2.24) is 4.72 Å². The number of nitrogens with zero attached hydrogens (tertiary/aromatic N) is 1. The summed E-state index contributed by atoms with van der Waals surface area (Å²) >= 11 is 1.67. The molecule has 0 fully saturated rings. The molecule has 1 atom stereocenters. The molecular weight excluding hydrogens is 368 g/mol. The summed E-state index contributed by atoms with van der Waals surface area (Å²) < 4.78 is 28.0. The SMILES string of the molecule is CC(=O)N1CC(C)Sc2ccc(S(=O)(=O)NCCC3=CCCCC3)cc21. The number of benzene rings is 1. The summed E-state index contributed by atoms with van der Waals surface area (Å²) in [6.07, 6.45) is 7.60. The molecule has 1 amide bonds. The number of hydrogen-bond acceptors (Lipinski definition) is 4. The van der Waals surface area contributed by atoms with Gasteiger partial charge in [-0.15, -0.1) is 11.8 Å². The zero-order valence-electron chi connectivity index (χ0n) is 15.3. The normalized spacial score (nSPS) is 20.5.